The van der Waals surface area contributed by atoms with E-state index in [1.165, 1.54) is 24.9 Å². The van der Waals surface area contributed by atoms with Gasteiger partial charge in [0.05, 0.1) is 0 Å². The SMILES string of the molecule is Cc1ccc(-c2n[nH]c(=S)n2CC(=O)Nc2cccc(N3CCN(CC4CC4)CC3)c2)cc1. The molecule has 1 aliphatic heterocycles. The van der Waals surface area contributed by atoms with Crippen molar-refractivity contribution in [1.29, 1.82) is 0 Å². The van der Waals surface area contributed by atoms with Crippen LogP contribution in [0.15, 0.2) is 48.5 Å². The van der Waals surface area contributed by atoms with E-state index in [2.05, 4.69) is 37.4 Å². The summed E-state index contributed by atoms with van der Waals surface area (Å²) < 4.78 is 2.16. The first-order chi connectivity index (χ1) is 16.0. The molecule has 5 rings (SSSR count). The lowest BCUT2D eigenvalue weighted by atomic mass is 10.1. The molecule has 0 unspecified atom stereocenters. The molecular formula is C25H30N6OS. The van der Waals surface area contributed by atoms with E-state index in [0.29, 0.717) is 10.6 Å². The van der Waals surface area contributed by atoms with E-state index in [1.54, 1.807) is 4.57 Å². The van der Waals surface area contributed by atoms with Gasteiger partial charge in [-0.1, -0.05) is 35.9 Å². The molecule has 33 heavy (non-hydrogen) atoms. The van der Waals surface area contributed by atoms with E-state index >= 15 is 0 Å². The van der Waals surface area contributed by atoms with Crippen LogP contribution >= 0.6 is 12.2 Å². The highest BCUT2D eigenvalue weighted by molar-refractivity contribution is 7.71. The Morgan fingerprint density at radius 3 is 2.61 bits per heavy atom. The second-order valence-corrected chi connectivity index (χ2v) is 9.52. The normalized spacial score (nSPS) is 16.7. The maximum Gasteiger partial charge on any atom is 0.244 e. The molecule has 1 aromatic heterocycles. The topological polar surface area (TPSA) is 69.2 Å². The molecule has 1 saturated carbocycles. The van der Waals surface area contributed by atoms with Crippen molar-refractivity contribution >= 4 is 29.5 Å². The Bertz CT molecular complexity index is 1170. The van der Waals surface area contributed by atoms with Gasteiger partial charge in [0.1, 0.15) is 6.54 Å². The van der Waals surface area contributed by atoms with Crippen molar-refractivity contribution in [3.63, 3.8) is 0 Å². The maximum atomic E-state index is 12.9. The number of benzene rings is 2. The average molecular weight is 463 g/mol. The van der Waals surface area contributed by atoms with E-state index < -0.39 is 0 Å². The summed E-state index contributed by atoms with van der Waals surface area (Å²) in [6.07, 6.45) is 2.80. The summed E-state index contributed by atoms with van der Waals surface area (Å²) in [5.74, 6) is 1.46. The minimum Gasteiger partial charge on any atom is -0.369 e. The molecule has 2 aliphatic rings. The predicted octanol–water partition coefficient (Wildman–Crippen LogP) is 4.09. The minimum absolute atomic E-state index is 0.0998. The van der Waals surface area contributed by atoms with Crippen LogP contribution in [-0.2, 0) is 11.3 Å². The quantitative estimate of drug-likeness (QED) is 0.518. The summed E-state index contributed by atoms with van der Waals surface area (Å²) in [6.45, 7) is 7.65. The molecule has 2 fully saturated rings. The first-order valence-electron chi connectivity index (χ1n) is 11.6. The van der Waals surface area contributed by atoms with Crippen LogP contribution in [0.25, 0.3) is 11.4 Å². The van der Waals surface area contributed by atoms with Crippen LogP contribution in [0.2, 0.25) is 0 Å². The van der Waals surface area contributed by atoms with Crippen LogP contribution in [0.1, 0.15) is 18.4 Å². The van der Waals surface area contributed by atoms with Gasteiger partial charge in [0.2, 0.25) is 5.91 Å². The first kappa shape index (κ1) is 21.9. The highest BCUT2D eigenvalue weighted by Crippen LogP contribution is 2.30. The fourth-order valence-corrected chi connectivity index (χ4v) is 4.56. The number of piperazine rings is 1. The number of aromatic amines is 1. The number of hydrogen-bond acceptors (Lipinski definition) is 5. The Morgan fingerprint density at radius 1 is 1.12 bits per heavy atom. The Morgan fingerprint density at radius 2 is 1.88 bits per heavy atom. The lowest BCUT2D eigenvalue weighted by Gasteiger charge is -2.36. The molecule has 7 nitrogen and oxygen atoms in total. The third-order valence-corrected chi connectivity index (χ3v) is 6.76. The van der Waals surface area contributed by atoms with E-state index in [1.807, 2.05) is 43.3 Å². The highest BCUT2D eigenvalue weighted by Gasteiger charge is 2.26. The largest absolute Gasteiger partial charge is 0.369 e. The number of aromatic nitrogens is 3. The standard InChI is InChI=1S/C25H30N6OS/c1-18-5-9-20(10-6-18)24-27-28-25(33)31(24)17-23(32)26-21-3-2-4-22(15-21)30-13-11-29(12-14-30)16-19-7-8-19/h2-6,9-10,15,19H,7-8,11-14,16-17H2,1H3,(H,26,32)(H,28,33). The summed E-state index contributed by atoms with van der Waals surface area (Å²) >= 11 is 5.38. The molecule has 3 aromatic rings. The van der Waals surface area contributed by atoms with Gasteiger partial charge in [0.15, 0.2) is 10.6 Å². The van der Waals surface area contributed by atoms with Gasteiger partial charge in [0.25, 0.3) is 0 Å². The van der Waals surface area contributed by atoms with Gasteiger partial charge >= 0.3 is 0 Å². The summed E-state index contributed by atoms with van der Waals surface area (Å²) in [5, 5.41) is 10.2. The van der Waals surface area contributed by atoms with E-state index in [-0.39, 0.29) is 12.5 Å². The van der Waals surface area contributed by atoms with E-state index in [4.69, 9.17) is 12.2 Å². The second-order valence-electron chi connectivity index (χ2n) is 9.13. The molecule has 1 aliphatic carbocycles. The van der Waals surface area contributed by atoms with Crippen LogP contribution in [0.4, 0.5) is 11.4 Å². The molecule has 2 heterocycles. The molecule has 2 N–H and O–H groups in total. The van der Waals surface area contributed by atoms with Crippen molar-refractivity contribution in [1.82, 2.24) is 19.7 Å². The molecular weight excluding hydrogens is 432 g/mol. The number of aryl methyl sites for hydroxylation is 1. The number of rotatable bonds is 7. The van der Waals surface area contributed by atoms with E-state index in [9.17, 15) is 4.79 Å². The lowest BCUT2D eigenvalue weighted by molar-refractivity contribution is -0.116. The van der Waals surface area contributed by atoms with E-state index in [0.717, 1.165) is 49.0 Å². The van der Waals surface area contributed by atoms with Gasteiger partial charge in [-0.05, 0) is 56.1 Å². The molecule has 0 radical (unpaired) electrons. The summed E-state index contributed by atoms with van der Waals surface area (Å²) in [5.41, 5.74) is 4.04. The van der Waals surface area contributed by atoms with Crippen molar-refractivity contribution in [2.45, 2.75) is 26.3 Å². The molecule has 172 valence electrons. The van der Waals surface area contributed by atoms with Gasteiger partial charge in [-0.2, -0.15) is 5.10 Å². The Labute approximate surface area is 199 Å². The van der Waals surface area contributed by atoms with Gasteiger partial charge in [-0.25, -0.2) is 0 Å². The van der Waals surface area contributed by atoms with Gasteiger partial charge in [-0.3, -0.25) is 19.4 Å². The van der Waals surface area contributed by atoms with Gasteiger partial charge in [0, 0.05) is 49.7 Å². The number of amides is 1. The fourth-order valence-electron chi connectivity index (χ4n) is 4.37. The van der Waals surface area contributed by atoms with Crippen molar-refractivity contribution in [2.24, 2.45) is 5.92 Å². The molecule has 1 amide bonds. The minimum atomic E-state index is -0.132. The summed E-state index contributed by atoms with van der Waals surface area (Å²) in [4.78, 5) is 17.9. The van der Waals surface area contributed by atoms with Crippen LogP contribution in [0.5, 0.6) is 0 Å². The summed E-state index contributed by atoms with van der Waals surface area (Å²) in [7, 11) is 0. The smallest absolute Gasteiger partial charge is 0.244 e. The Kier molecular flexibility index (Phi) is 6.28. The number of anilines is 2. The zero-order valence-corrected chi connectivity index (χ0v) is 19.8. The molecule has 0 atom stereocenters. The molecule has 2 aromatic carbocycles. The molecule has 0 bridgehead atoms. The lowest BCUT2D eigenvalue weighted by Crippen LogP contribution is -2.47. The monoisotopic (exact) mass is 462 g/mol. The van der Waals surface area contributed by atoms with Crippen LogP contribution in [-0.4, -0.2) is 58.3 Å². The van der Waals surface area contributed by atoms with Gasteiger partial charge < -0.3 is 10.2 Å². The molecule has 1 saturated heterocycles. The number of hydrogen-bond donors (Lipinski definition) is 2. The van der Waals surface area contributed by atoms with Crippen LogP contribution in [0.3, 0.4) is 0 Å². The Balaban J connectivity index is 1.23. The predicted molar refractivity (Wildman–Crippen MR) is 134 cm³/mol. The van der Waals surface area contributed by atoms with Crippen molar-refractivity contribution in [2.75, 3.05) is 42.9 Å². The average Bonchev–Trinajstić information content (AvgIpc) is 3.57. The fraction of sp³-hybridized carbons (Fsp3) is 0.400. The van der Waals surface area contributed by atoms with Crippen molar-refractivity contribution in [3.8, 4) is 11.4 Å². The zero-order valence-electron chi connectivity index (χ0n) is 19.0. The van der Waals surface area contributed by atoms with Crippen molar-refractivity contribution in [3.05, 3.63) is 58.9 Å². The number of nitrogens with zero attached hydrogens (tertiary/aromatic N) is 4. The van der Waals surface area contributed by atoms with Crippen molar-refractivity contribution < 1.29 is 4.79 Å². The third kappa shape index (κ3) is 5.34. The first-order valence-corrected chi connectivity index (χ1v) is 12.1. The second kappa shape index (κ2) is 9.49. The molecule has 8 heteroatoms. The summed E-state index contributed by atoms with van der Waals surface area (Å²) in [6, 6.07) is 16.1. The molecule has 0 spiro atoms. The Hall–Kier alpha value is -2.97. The number of carbonyl (C=O) groups excluding carboxylic acids is 1. The van der Waals surface area contributed by atoms with Crippen LogP contribution < -0.4 is 10.2 Å². The number of carbonyl (C=O) groups is 1. The number of H-pyrrole nitrogens is 1. The number of nitrogens with one attached hydrogen (secondary N) is 2. The van der Waals surface area contributed by atoms with Gasteiger partial charge in [-0.15, -0.1) is 0 Å². The zero-order chi connectivity index (χ0) is 22.8. The van der Waals surface area contributed by atoms with Crippen LogP contribution in [0, 0.1) is 17.6 Å². The highest BCUT2D eigenvalue weighted by atomic mass is 32.1. The third-order valence-electron chi connectivity index (χ3n) is 6.45. The maximum absolute atomic E-state index is 12.9.